The summed E-state index contributed by atoms with van der Waals surface area (Å²) < 4.78 is 1.19. The predicted octanol–water partition coefficient (Wildman–Crippen LogP) is 1.63. The lowest BCUT2D eigenvalue weighted by Crippen LogP contribution is -2.10. The molecule has 0 aliphatic rings. The van der Waals surface area contributed by atoms with E-state index in [9.17, 15) is 19.7 Å². The molecule has 11 heteroatoms. The maximum Gasteiger partial charge on any atom is 0.354 e. The highest BCUT2D eigenvalue weighted by atomic mass is 16.6. The van der Waals surface area contributed by atoms with Gasteiger partial charge in [0.15, 0.2) is 11.4 Å². The molecule has 0 spiro atoms. The summed E-state index contributed by atoms with van der Waals surface area (Å²) in [5.74, 6) is -2.77. The predicted molar refractivity (Wildman–Crippen MR) is 85.2 cm³/mol. The highest BCUT2D eigenvalue weighted by Gasteiger charge is 2.16. The molecule has 11 nitrogen and oxygen atoms in total. The van der Waals surface area contributed by atoms with Gasteiger partial charge in [0.1, 0.15) is 5.69 Å². The number of nitro groups is 1. The third-order valence-corrected chi connectivity index (χ3v) is 3.38. The Labute approximate surface area is 144 Å². The van der Waals surface area contributed by atoms with E-state index >= 15 is 0 Å². The summed E-state index contributed by atoms with van der Waals surface area (Å²) in [5.41, 5.74) is 0.0841. The quantitative estimate of drug-likeness (QED) is 0.511. The summed E-state index contributed by atoms with van der Waals surface area (Å²) in [5, 5.41) is 36.6. The highest BCUT2D eigenvalue weighted by Crippen LogP contribution is 2.21. The minimum Gasteiger partial charge on any atom is -0.477 e. The monoisotopic (exact) mass is 355 g/mol. The molecule has 3 rings (SSSR count). The van der Waals surface area contributed by atoms with Crippen LogP contribution in [0.4, 0.5) is 5.69 Å². The van der Waals surface area contributed by atoms with Crippen LogP contribution in [0.15, 0.2) is 42.6 Å². The van der Waals surface area contributed by atoms with E-state index in [4.69, 9.17) is 10.2 Å². The molecule has 0 fully saturated rings. The van der Waals surface area contributed by atoms with Crippen molar-refractivity contribution in [3.63, 3.8) is 0 Å². The van der Waals surface area contributed by atoms with Crippen LogP contribution in [0.1, 0.15) is 21.0 Å². The molecule has 0 amide bonds. The maximum absolute atomic E-state index is 11.1. The first-order chi connectivity index (χ1) is 12.3. The highest BCUT2D eigenvalue weighted by molar-refractivity contribution is 5.90. The molecule has 0 radical (unpaired) electrons. The first-order valence-corrected chi connectivity index (χ1v) is 7.01. The Morgan fingerprint density at radius 3 is 2.12 bits per heavy atom. The standard InChI is InChI=1S/C15H9N5O6/c21-14(22)11-5-10(6-12(16-11)15(23)24)19-7-13(17-18-19)8-1-3-9(4-2-8)20(25)26/h1-7H,(H,21,22)(H,23,24). The SMILES string of the molecule is O=C(O)c1cc(-n2cc(-c3ccc([N+](=O)[O-])cc3)nn2)cc(C(=O)O)n1. The average Bonchev–Trinajstić information content (AvgIpc) is 3.11. The van der Waals surface area contributed by atoms with E-state index in [1.807, 2.05) is 0 Å². The topological polar surface area (TPSA) is 161 Å². The number of carbonyl (C=O) groups is 2. The summed E-state index contributed by atoms with van der Waals surface area (Å²) >= 11 is 0. The van der Waals surface area contributed by atoms with Crippen molar-refractivity contribution >= 4 is 17.6 Å². The van der Waals surface area contributed by atoms with Crippen molar-refractivity contribution in [1.29, 1.82) is 0 Å². The zero-order chi connectivity index (χ0) is 18.8. The van der Waals surface area contributed by atoms with E-state index in [-0.39, 0.29) is 11.4 Å². The number of carboxylic acids is 2. The van der Waals surface area contributed by atoms with Crippen molar-refractivity contribution in [2.75, 3.05) is 0 Å². The molecule has 0 unspecified atom stereocenters. The Bertz CT molecular complexity index is 995. The van der Waals surface area contributed by atoms with Crippen LogP contribution in [0.2, 0.25) is 0 Å². The normalized spacial score (nSPS) is 10.5. The number of nitrogens with zero attached hydrogens (tertiary/aromatic N) is 5. The Balaban J connectivity index is 2.00. The molecule has 2 N–H and O–H groups in total. The van der Waals surface area contributed by atoms with Gasteiger partial charge in [-0.1, -0.05) is 5.21 Å². The second kappa shape index (κ2) is 6.39. The molecule has 0 saturated heterocycles. The number of rotatable bonds is 5. The van der Waals surface area contributed by atoms with E-state index in [0.29, 0.717) is 11.3 Å². The molecular formula is C15H9N5O6. The van der Waals surface area contributed by atoms with Crippen molar-refractivity contribution in [3.05, 3.63) is 64.1 Å². The van der Waals surface area contributed by atoms with Crippen molar-refractivity contribution in [3.8, 4) is 16.9 Å². The number of nitro benzene ring substituents is 1. The molecule has 0 aliphatic heterocycles. The molecule has 130 valence electrons. The third-order valence-electron chi connectivity index (χ3n) is 3.38. The molecule has 3 aromatic rings. The van der Waals surface area contributed by atoms with Gasteiger partial charge in [0.25, 0.3) is 5.69 Å². The lowest BCUT2D eigenvalue weighted by atomic mass is 10.1. The zero-order valence-electron chi connectivity index (χ0n) is 12.8. The molecule has 1 aromatic carbocycles. The van der Waals surface area contributed by atoms with Gasteiger partial charge in [-0.2, -0.15) is 0 Å². The lowest BCUT2D eigenvalue weighted by Gasteiger charge is -2.03. The maximum atomic E-state index is 11.1. The van der Waals surface area contributed by atoms with Gasteiger partial charge in [0.2, 0.25) is 0 Å². The molecule has 0 aliphatic carbocycles. The van der Waals surface area contributed by atoms with Crippen LogP contribution < -0.4 is 0 Å². The zero-order valence-corrected chi connectivity index (χ0v) is 12.8. The molecule has 0 saturated carbocycles. The Hall–Kier alpha value is -4.15. The van der Waals surface area contributed by atoms with Crippen LogP contribution in [0.5, 0.6) is 0 Å². The first-order valence-electron chi connectivity index (χ1n) is 7.01. The van der Waals surface area contributed by atoms with Gasteiger partial charge in [-0.05, 0) is 24.3 Å². The number of hydrogen-bond acceptors (Lipinski definition) is 7. The Morgan fingerprint density at radius 2 is 1.62 bits per heavy atom. The van der Waals surface area contributed by atoms with Crippen molar-refractivity contribution in [2.45, 2.75) is 0 Å². The van der Waals surface area contributed by atoms with Crippen LogP contribution in [0.25, 0.3) is 16.9 Å². The molecule has 2 aromatic heterocycles. The van der Waals surface area contributed by atoms with E-state index in [0.717, 1.165) is 12.1 Å². The van der Waals surface area contributed by atoms with Gasteiger partial charge >= 0.3 is 11.9 Å². The van der Waals surface area contributed by atoms with Gasteiger partial charge in [-0.25, -0.2) is 19.3 Å². The van der Waals surface area contributed by atoms with Crippen LogP contribution in [-0.2, 0) is 0 Å². The van der Waals surface area contributed by atoms with E-state index < -0.39 is 28.2 Å². The Kier molecular flexibility index (Phi) is 4.11. The smallest absolute Gasteiger partial charge is 0.354 e. The number of aromatic nitrogens is 4. The minimum atomic E-state index is -1.38. The van der Waals surface area contributed by atoms with Crippen LogP contribution >= 0.6 is 0 Å². The fourth-order valence-corrected chi connectivity index (χ4v) is 2.14. The van der Waals surface area contributed by atoms with E-state index in [1.54, 1.807) is 0 Å². The van der Waals surface area contributed by atoms with Crippen LogP contribution in [0, 0.1) is 10.1 Å². The first kappa shape index (κ1) is 16.7. The second-order valence-corrected chi connectivity index (χ2v) is 5.06. The van der Waals surface area contributed by atoms with Gasteiger partial charge in [-0.15, -0.1) is 5.10 Å². The van der Waals surface area contributed by atoms with E-state index in [2.05, 4.69) is 15.3 Å². The molecule has 0 atom stereocenters. The largest absolute Gasteiger partial charge is 0.477 e. The van der Waals surface area contributed by atoms with Crippen LogP contribution in [0.3, 0.4) is 0 Å². The minimum absolute atomic E-state index is 0.0764. The summed E-state index contributed by atoms with van der Waals surface area (Å²) in [6, 6.07) is 7.92. The third kappa shape index (κ3) is 3.21. The van der Waals surface area contributed by atoms with Gasteiger partial charge in [0.05, 0.1) is 16.8 Å². The molecule has 26 heavy (non-hydrogen) atoms. The number of aromatic carboxylic acids is 2. The van der Waals surface area contributed by atoms with Crippen molar-refractivity contribution in [1.82, 2.24) is 20.0 Å². The number of carboxylic acid groups (broad SMARTS) is 2. The summed E-state index contributed by atoms with van der Waals surface area (Å²) in [4.78, 5) is 35.9. The van der Waals surface area contributed by atoms with Crippen LogP contribution in [-0.4, -0.2) is 47.1 Å². The van der Waals surface area contributed by atoms with Crippen molar-refractivity contribution in [2.24, 2.45) is 0 Å². The average molecular weight is 355 g/mol. The summed E-state index contributed by atoms with van der Waals surface area (Å²) in [6.45, 7) is 0. The Morgan fingerprint density at radius 1 is 1.04 bits per heavy atom. The molecular weight excluding hydrogens is 346 g/mol. The molecule has 0 bridgehead atoms. The summed E-state index contributed by atoms with van der Waals surface area (Å²) in [6.07, 6.45) is 1.44. The fraction of sp³-hybridized carbons (Fsp3) is 0. The molecule has 2 heterocycles. The van der Waals surface area contributed by atoms with Gasteiger partial charge in [-0.3, -0.25) is 10.1 Å². The second-order valence-electron chi connectivity index (χ2n) is 5.06. The summed E-state index contributed by atoms with van der Waals surface area (Å²) in [7, 11) is 0. The number of non-ortho nitro benzene ring substituents is 1. The van der Waals surface area contributed by atoms with E-state index in [1.165, 1.54) is 35.1 Å². The number of hydrogen-bond donors (Lipinski definition) is 2. The van der Waals surface area contributed by atoms with Crippen molar-refractivity contribution < 1.29 is 24.7 Å². The van der Waals surface area contributed by atoms with Gasteiger partial charge < -0.3 is 10.2 Å². The van der Waals surface area contributed by atoms with Gasteiger partial charge in [0, 0.05) is 17.7 Å². The number of benzene rings is 1. The lowest BCUT2D eigenvalue weighted by molar-refractivity contribution is -0.384. The number of pyridine rings is 1. The fourth-order valence-electron chi connectivity index (χ4n) is 2.14.